The lowest BCUT2D eigenvalue weighted by atomic mass is 10.1. The minimum atomic E-state index is -0.610. The van der Waals surface area contributed by atoms with E-state index in [1.54, 1.807) is 13.8 Å². The molecule has 19 heavy (non-hydrogen) atoms. The van der Waals surface area contributed by atoms with Crippen molar-refractivity contribution in [3.8, 4) is 0 Å². The molecule has 0 aromatic heterocycles. The van der Waals surface area contributed by atoms with Crippen molar-refractivity contribution < 1.29 is 13.6 Å². The third kappa shape index (κ3) is 4.28. The normalized spacial score (nSPS) is 13.9. The van der Waals surface area contributed by atoms with Gasteiger partial charge in [0, 0.05) is 18.2 Å². The van der Waals surface area contributed by atoms with Crippen molar-refractivity contribution in [1.82, 2.24) is 10.6 Å². The molecule has 1 rings (SSSR count). The van der Waals surface area contributed by atoms with Crippen LogP contribution in [0.4, 0.5) is 8.78 Å². The molecular weight excluding hydrogens is 250 g/mol. The van der Waals surface area contributed by atoms with Crippen LogP contribution >= 0.6 is 0 Å². The van der Waals surface area contributed by atoms with Crippen LogP contribution in [0.15, 0.2) is 18.2 Å². The number of nitrogens with one attached hydrogen (secondary N) is 2. The lowest BCUT2D eigenvalue weighted by molar-refractivity contribution is -0.122. The van der Waals surface area contributed by atoms with Gasteiger partial charge in [-0.3, -0.25) is 10.1 Å². The van der Waals surface area contributed by atoms with E-state index in [1.165, 1.54) is 18.2 Å². The molecule has 0 aliphatic heterocycles. The first-order valence-electron chi connectivity index (χ1n) is 6.45. The Morgan fingerprint density at radius 3 is 2.37 bits per heavy atom. The van der Waals surface area contributed by atoms with Crippen LogP contribution in [0.1, 0.15) is 38.8 Å². The molecule has 1 aromatic carbocycles. The van der Waals surface area contributed by atoms with Gasteiger partial charge in [0.1, 0.15) is 11.6 Å². The summed E-state index contributed by atoms with van der Waals surface area (Å²) in [5.41, 5.74) is -0.0439. The Bertz CT molecular complexity index is 417. The fraction of sp³-hybridized carbons (Fsp3) is 0.500. The number of halogens is 2. The zero-order valence-electron chi connectivity index (χ0n) is 11.5. The van der Waals surface area contributed by atoms with Crippen LogP contribution in [0, 0.1) is 11.6 Å². The standard InChI is InChI=1S/C14H20F2N2O/c1-4-8-17-14(19)10(3)18-9(2)13-11(15)6-5-7-12(13)16/h5-7,9-10,18H,4,8H2,1-3H3,(H,17,19). The Labute approximate surface area is 112 Å². The summed E-state index contributed by atoms with van der Waals surface area (Å²) in [5, 5.41) is 5.62. The highest BCUT2D eigenvalue weighted by Gasteiger charge is 2.20. The van der Waals surface area contributed by atoms with Crippen molar-refractivity contribution in [1.29, 1.82) is 0 Å². The zero-order valence-corrected chi connectivity index (χ0v) is 11.5. The van der Waals surface area contributed by atoms with Crippen molar-refractivity contribution in [3.63, 3.8) is 0 Å². The second kappa shape index (κ2) is 7.19. The van der Waals surface area contributed by atoms with Crippen LogP contribution in [-0.2, 0) is 4.79 Å². The van der Waals surface area contributed by atoms with E-state index in [0.717, 1.165) is 6.42 Å². The van der Waals surface area contributed by atoms with Crippen molar-refractivity contribution >= 4 is 5.91 Å². The topological polar surface area (TPSA) is 41.1 Å². The second-order valence-electron chi connectivity index (χ2n) is 4.54. The van der Waals surface area contributed by atoms with Gasteiger partial charge in [-0.25, -0.2) is 8.78 Å². The quantitative estimate of drug-likeness (QED) is 0.834. The van der Waals surface area contributed by atoms with E-state index in [-0.39, 0.29) is 11.5 Å². The monoisotopic (exact) mass is 270 g/mol. The van der Waals surface area contributed by atoms with Gasteiger partial charge < -0.3 is 5.32 Å². The smallest absolute Gasteiger partial charge is 0.236 e. The van der Waals surface area contributed by atoms with Crippen molar-refractivity contribution in [2.75, 3.05) is 6.54 Å². The maximum atomic E-state index is 13.6. The lowest BCUT2D eigenvalue weighted by Gasteiger charge is -2.20. The fourth-order valence-electron chi connectivity index (χ4n) is 1.86. The summed E-state index contributed by atoms with van der Waals surface area (Å²) in [5.74, 6) is -1.40. The van der Waals surface area contributed by atoms with Crippen molar-refractivity contribution in [2.24, 2.45) is 0 Å². The summed E-state index contributed by atoms with van der Waals surface area (Å²) >= 11 is 0. The second-order valence-corrected chi connectivity index (χ2v) is 4.54. The van der Waals surface area contributed by atoms with Crippen LogP contribution in [-0.4, -0.2) is 18.5 Å². The molecule has 5 heteroatoms. The lowest BCUT2D eigenvalue weighted by Crippen LogP contribution is -2.43. The average Bonchev–Trinajstić information content (AvgIpc) is 2.35. The third-order valence-corrected chi connectivity index (χ3v) is 2.88. The van der Waals surface area contributed by atoms with Crippen molar-refractivity contribution in [3.05, 3.63) is 35.4 Å². The van der Waals surface area contributed by atoms with Gasteiger partial charge in [0.2, 0.25) is 5.91 Å². The van der Waals surface area contributed by atoms with E-state index in [4.69, 9.17) is 0 Å². The molecule has 3 nitrogen and oxygen atoms in total. The molecular formula is C14H20F2N2O. The first kappa shape index (κ1) is 15.6. The molecule has 0 aliphatic carbocycles. The van der Waals surface area contributed by atoms with Crippen LogP contribution < -0.4 is 10.6 Å². The molecule has 0 spiro atoms. The first-order chi connectivity index (χ1) is 8.97. The fourth-order valence-corrected chi connectivity index (χ4v) is 1.86. The van der Waals surface area contributed by atoms with Crippen LogP contribution in [0.2, 0.25) is 0 Å². The van der Waals surface area contributed by atoms with E-state index in [2.05, 4.69) is 10.6 Å². The molecule has 0 heterocycles. The molecule has 0 saturated heterocycles. The minimum Gasteiger partial charge on any atom is -0.355 e. The maximum Gasteiger partial charge on any atom is 0.236 e. The molecule has 2 unspecified atom stereocenters. The van der Waals surface area contributed by atoms with Gasteiger partial charge in [0.15, 0.2) is 0 Å². The van der Waals surface area contributed by atoms with Gasteiger partial charge in [-0.15, -0.1) is 0 Å². The van der Waals surface area contributed by atoms with Gasteiger partial charge in [0.25, 0.3) is 0 Å². The summed E-state index contributed by atoms with van der Waals surface area (Å²) < 4.78 is 27.1. The molecule has 0 aliphatic rings. The van der Waals surface area contributed by atoms with Gasteiger partial charge >= 0.3 is 0 Å². The minimum absolute atomic E-state index is 0.0439. The predicted octanol–water partition coefficient (Wildman–Crippen LogP) is 2.53. The number of carbonyl (C=O) groups excluding carboxylic acids is 1. The molecule has 2 N–H and O–H groups in total. The molecule has 2 atom stereocenters. The number of carbonyl (C=O) groups is 1. The number of amides is 1. The highest BCUT2D eigenvalue weighted by Crippen LogP contribution is 2.20. The highest BCUT2D eigenvalue weighted by molar-refractivity contribution is 5.81. The Balaban J connectivity index is 2.69. The van der Waals surface area contributed by atoms with E-state index >= 15 is 0 Å². The average molecular weight is 270 g/mol. The van der Waals surface area contributed by atoms with Gasteiger partial charge in [-0.1, -0.05) is 13.0 Å². The number of rotatable bonds is 6. The summed E-state index contributed by atoms with van der Waals surface area (Å²) in [4.78, 5) is 11.7. The summed E-state index contributed by atoms with van der Waals surface area (Å²) in [6.45, 7) is 5.84. The Morgan fingerprint density at radius 1 is 1.26 bits per heavy atom. The zero-order chi connectivity index (χ0) is 14.4. The molecule has 0 saturated carbocycles. The Hall–Kier alpha value is -1.49. The van der Waals surface area contributed by atoms with E-state index < -0.39 is 23.7 Å². The Kier molecular flexibility index (Phi) is 5.89. The third-order valence-electron chi connectivity index (χ3n) is 2.88. The van der Waals surface area contributed by atoms with E-state index in [0.29, 0.717) is 6.54 Å². The first-order valence-corrected chi connectivity index (χ1v) is 6.45. The van der Waals surface area contributed by atoms with E-state index in [1.807, 2.05) is 6.92 Å². The molecule has 106 valence electrons. The van der Waals surface area contributed by atoms with Crippen LogP contribution in [0.3, 0.4) is 0 Å². The molecule has 0 fully saturated rings. The summed E-state index contributed by atoms with van der Waals surface area (Å²) in [6, 6.07) is 2.64. The molecule has 1 aromatic rings. The van der Waals surface area contributed by atoms with Gasteiger partial charge in [-0.05, 0) is 32.4 Å². The summed E-state index contributed by atoms with van der Waals surface area (Å²) in [7, 11) is 0. The molecule has 0 radical (unpaired) electrons. The molecule has 1 amide bonds. The van der Waals surface area contributed by atoms with Gasteiger partial charge in [-0.2, -0.15) is 0 Å². The maximum absolute atomic E-state index is 13.6. The molecule has 0 bridgehead atoms. The van der Waals surface area contributed by atoms with E-state index in [9.17, 15) is 13.6 Å². The SMILES string of the molecule is CCCNC(=O)C(C)NC(C)c1c(F)cccc1F. The van der Waals surface area contributed by atoms with Gasteiger partial charge in [0.05, 0.1) is 6.04 Å². The van der Waals surface area contributed by atoms with Crippen molar-refractivity contribution in [2.45, 2.75) is 39.3 Å². The number of hydrogen-bond donors (Lipinski definition) is 2. The van der Waals surface area contributed by atoms with Crippen LogP contribution in [0.5, 0.6) is 0 Å². The summed E-state index contributed by atoms with van der Waals surface area (Å²) in [6.07, 6.45) is 0.843. The number of hydrogen-bond acceptors (Lipinski definition) is 2. The predicted molar refractivity (Wildman–Crippen MR) is 70.7 cm³/mol. The Morgan fingerprint density at radius 2 is 1.84 bits per heavy atom. The van der Waals surface area contributed by atoms with Crippen LogP contribution in [0.25, 0.3) is 0 Å². The largest absolute Gasteiger partial charge is 0.355 e. The number of benzene rings is 1. The highest BCUT2D eigenvalue weighted by atomic mass is 19.1.